The number of rotatable bonds is 3. The second-order valence-electron chi connectivity index (χ2n) is 4.82. The predicted octanol–water partition coefficient (Wildman–Crippen LogP) is 1.82. The zero-order valence-electron chi connectivity index (χ0n) is 9.61. The van der Waals surface area contributed by atoms with E-state index in [0.29, 0.717) is 0 Å². The van der Waals surface area contributed by atoms with Crippen LogP contribution >= 0.6 is 11.3 Å². The van der Waals surface area contributed by atoms with Crippen molar-refractivity contribution in [3.8, 4) is 0 Å². The molecular weight excluding hydrogens is 218 g/mol. The average molecular weight is 237 g/mol. The van der Waals surface area contributed by atoms with Crippen LogP contribution in [0.3, 0.4) is 0 Å². The molecule has 1 aromatic heterocycles. The summed E-state index contributed by atoms with van der Waals surface area (Å²) in [7, 11) is 0. The Morgan fingerprint density at radius 2 is 2.19 bits per heavy atom. The lowest BCUT2D eigenvalue weighted by Crippen LogP contribution is -2.42. The largest absolute Gasteiger partial charge is 0.314 e. The Hall–Kier alpha value is -0.450. The van der Waals surface area contributed by atoms with Gasteiger partial charge in [-0.25, -0.2) is 4.98 Å². The van der Waals surface area contributed by atoms with Crippen LogP contribution in [-0.4, -0.2) is 36.1 Å². The molecule has 0 unspecified atom stereocenters. The van der Waals surface area contributed by atoms with Crippen LogP contribution in [-0.2, 0) is 6.54 Å². The lowest BCUT2D eigenvalue weighted by atomic mass is 9.83. The summed E-state index contributed by atoms with van der Waals surface area (Å²) >= 11 is 1.85. The van der Waals surface area contributed by atoms with Gasteiger partial charge in [-0.2, -0.15) is 0 Å². The third kappa shape index (κ3) is 2.29. The van der Waals surface area contributed by atoms with E-state index in [0.717, 1.165) is 25.6 Å². The number of hydrogen-bond donors (Lipinski definition) is 1. The van der Waals surface area contributed by atoms with Gasteiger partial charge in [-0.3, -0.25) is 4.90 Å². The fourth-order valence-electron chi connectivity index (χ4n) is 2.35. The van der Waals surface area contributed by atoms with Crippen LogP contribution in [0, 0.1) is 0 Å². The Kier molecular flexibility index (Phi) is 3.22. The van der Waals surface area contributed by atoms with Crippen molar-refractivity contribution < 1.29 is 0 Å². The normalized spacial score (nSPS) is 23.2. The first kappa shape index (κ1) is 10.7. The van der Waals surface area contributed by atoms with E-state index in [9.17, 15) is 0 Å². The molecule has 3 rings (SSSR count). The van der Waals surface area contributed by atoms with Gasteiger partial charge < -0.3 is 5.32 Å². The van der Waals surface area contributed by atoms with Crippen molar-refractivity contribution >= 4 is 11.3 Å². The first-order chi connectivity index (χ1) is 7.92. The molecule has 2 heterocycles. The van der Waals surface area contributed by atoms with Gasteiger partial charge in [0.2, 0.25) is 0 Å². The van der Waals surface area contributed by atoms with Gasteiger partial charge in [-0.1, -0.05) is 6.42 Å². The van der Waals surface area contributed by atoms with Crippen molar-refractivity contribution in [1.29, 1.82) is 0 Å². The molecule has 0 bridgehead atoms. The van der Waals surface area contributed by atoms with Crippen LogP contribution < -0.4 is 5.32 Å². The smallest absolute Gasteiger partial charge is 0.107 e. The molecule has 1 aromatic rings. The van der Waals surface area contributed by atoms with Gasteiger partial charge in [0, 0.05) is 37.5 Å². The predicted molar refractivity (Wildman–Crippen MR) is 66.9 cm³/mol. The van der Waals surface area contributed by atoms with Crippen LogP contribution in [0.25, 0.3) is 0 Å². The fourth-order valence-corrected chi connectivity index (χ4v) is 3.27. The molecule has 1 aliphatic carbocycles. The van der Waals surface area contributed by atoms with Crippen LogP contribution in [0.5, 0.6) is 0 Å². The summed E-state index contributed by atoms with van der Waals surface area (Å²) in [4.78, 5) is 7.28. The SMILES string of the molecule is c1sc(CN2CCNCC2)nc1C1CCC1. The molecule has 0 atom stereocenters. The number of nitrogens with one attached hydrogen (secondary N) is 1. The lowest BCUT2D eigenvalue weighted by molar-refractivity contribution is 0.232. The summed E-state index contributed by atoms with van der Waals surface area (Å²) in [5.41, 5.74) is 1.36. The quantitative estimate of drug-likeness (QED) is 0.869. The van der Waals surface area contributed by atoms with Crippen molar-refractivity contribution in [3.63, 3.8) is 0 Å². The van der Waals surface area contributed by atoms with Crippen molar-refractivity contribution in [3.05, 3.63) is 16.1 Å². The Balaban J connectivity index is 1.58. The Bertz CT molecular complexity index is 340. The zero-order chi connectivity index (χ0) is 10.8. The highest BCUT2D eigenvalue weighted by Crippen LogP contribution is 2.36. The second-order valence-corrected chi connectivity index (χ2v) is 5.76. The summed E-state index contributed by atoms with van der Waals surface area (Å²) in [5.74, 6) is 0.785. The van der Waals surface area contributed by atoms with Crippen LogP contribution in [0.2, 0.25) is 0 Å². The van der Waals surface area contributed by atoms with E-state index >= 15 is 0 Å². The van der Waals surface area contributed by atoms with Gasteiger partial charge in [0.15, 0.2) is 0 Å². The highest BCUT2D eigenvalue weighted by Gasteiger charge is 2.22. The molecule has 2 aliphatic rings. The van der Waals surface area contributed by atoms with E-state index in [2.05, 4.69) is 15.6 Å². The summed E-state index contributed by atoms with van der Waals surface area (Å²) in [6.07, 6.45) is 4.11. The van der Waals surface area contributed by atoms with Gasteiger partial charge in [0.1, 0.15) is 5.01 Å². The molecule has 16 heavy (non-hydrogen) atoms. The highest BCUT2D eigenvalue weighted by atomic mass is 32.1. The Morgan fingerprint density at radius 1 is 1.38 bits per heavy atom. The highest BCUT2D eigenvalue weighted by molar-refractivity contribution is 7.09. The topological polar surface area (TPSA) is 28.2 Å². The zero-order valence-corrected chi connectivity index (χ0v) is 10.4. The molecule has 0 spiro atoms. The van der Waals surface area contributed by atoms with E-state index in [-0.39, 0.29) is 0 Å². The van der Waals surface area contributed by atoms with Crippen molar-refractivity contribution in [1.82, 2.24) is 15.2 Å². The van der Waals surface area contributed by atoms with E-state index in [1.54, 1.807) is 0 Å². The van der Waals surface area contributed by atoms with Gasteiger partial charge >= 0.3 is 0 Å². The molecule has 3 nitrogen and oxygen atoms in total. The molecule has 1 aliphatic heterocycles. The minimum atomic E-state index is 0.785. The van der Waals surface area contributed by atoms with E-state index in [4.69, 9.17) is 4.98 Å². The summed E-state index contributed by atoms with van der Waals surface area (Å²) < 4.78 is 0. The average Bonchev–Trinajstić information content (AvgIpc) is 2.65. The van der Waals surface area contributed by atoms with E-state index in [1.807, 2.05) is 11.3 Å². The summed E-state index contributed by atoms with van der Waals surface area (Å²) in [6.45, 7) is 5.64. The molecule has 2 fully saturated rings. The lowest BCUT2D eigenvalue weighted by Gasteiger charge is -2.26. The fraction of sp³-hybridized carbons (Fsp3) is 0.750. The van der Waals surface area contributed by atoms with Gasteiger partial charge in [0.25, 0.3) is 0 Å². The molecule has 4 heteroatoms. The summed E-state index contributed by atoms with van der Waals surface area (Å²) in [6, 6.07) is 0. The van der Waals surface area contributed by atoms with Crippen LogP contribution in [0.4, 0.5) is 0 Å². The number of nitrogens with zero attached hydrogens (tertiary/aromatic N) is 2. The van der Waals surface area contributed by atoms with Gasteiger partial charge in [0.05, 0.1) is 12.2 Å². The molecular formula is C12H19N3S. The number of piperazine rings is 1. The van der Waals surface area contributed by atoms with Gasteiger partial charge in [-0.05, 0) is 12.8 Å². The van der Waals surface area contributed by atoms with E-state index < -0.39 is 0 Å². The van der Waals surface area contributed by atoms with Crippen molar-refractivity contribution in [2.75, 3.05) is 26.2 Å². The monoisotopic (exact) mass is 237 g/mol. The molecule has 0 radical (unpaired) electrons. The first-order valence-corrected chi connectivity index (χ1v) is 7.17. The molecule has 0 aromatic carbocycles. The minimum Gasteiger partial charge on any atom is -0.314 e. The number of aromatic nitrogens is 1. The summed E-state index contributed by atoms with van der Waals surface area (Å²) in [5, 5.41) is 6.97. The minimum absolute atomic E-state index is 0.785. The Labute approximate surface area is 101 Å². The second kappa shape index (κ2) is 4.82. The van der Waals surface area contributed by atoms with Crippen LogP contribution in [0.15, 0.2) is 5.38 Å². The standard InChI is InChI=1S/C12H19N3S/c1-2-10(3-1)11-9-16-12(14-11)8-15-6-4-13-5-7-15/h9-10,13H,1-8H2. The van der Waals surface area contributed by atoms with Gasteiger partial charge in [-0.15, -0.1) is 11.3 Å². The molecule has 1 saturated heterocycles. The third-order valence-corrected chi connectivity index (χ3v) is 4.51. The maximum Gasteiger partial charge on any atom is 0.107 e. The van der Waals surface area contributed by atoms with Crippen molar-refractivity contribution in [2.24, 2.45) is 0 Å². The maximum atomic E-state index is 4.78. The first-order valence-electron chi connectivity index (χ1n) is 6.29. The van der Waals surface area contributed by atoms with Crippen molar-refractivity contribution in [2.45, 2.75) is 31.7 Å². The molecule has 1 N–H and O–H groups in total. The third-order valence-electron chi connectivity index (χ3n) is 3.66. The molecule has 88 valence electrons. The number of hydrogen-bond acceptors (Lipinski definition) is 4. The van der Waals surface area contributed by atoms with Crippen LogP contribution in [0.1, 0.15) is 35.9 Å². The Morgan fingerprint density at radius 3 is 2.88 bits per heavy atom. The number of thiazole rings is 1. The van der Waals surface area contributed by atoms with E-state index in [1.165, 1.54) is 43.1 Å². The molecule has 0 amide bonds. The maximum absolute atomic E-state index is 4.78. The molecule has 1 saturated carbocycles.